The van der Waals surface area contributed by atoms with Gasteiger partial charge in [0.05, 0.1) is 16.8 Å². The number of hydrogen-bond donors (Lipinski definition) is 1. The van der Waals surface area contributed by atoms with Crippen LogP contribution in [0.15, 0.2) is 45.5 Å². The number of hydrogen-bond acceptors (Lipinski definition) is 2. The Morgan fingerprint density at radius 3 is 2.83 bits per heavy atom. The Hall–Kier alpha value is -1.13. The number of aryl methyl sites for hydroxylation is 1. The third-order valence-corrected chi connectivity index (χ3v) is 3.37. The average molecular weight is 313 g/mol. The van der Waals surface area contributed by atoms with E-state index in [9.17, 15) is 9.50 Å². The highest BCUT2D eigenvalue weighted by Gasteiger charge is 2.08. The van der Waals surface area contributed by atoms with Crippen LogP contribution in [0.4, 0.5) is 4.39 Å². The highest BCUT2D eigenvalue weighted by Crippen LogP contribution is 2.18. The first-order valence-electron chi connectivity index (χ1n) is 5.79. The molecule has 2 aromatic rings. The number of halogens is 2. The minimum Gasteiger partial charge on any atom is -0.469 e. The van der Waals surface area contributed by atoms with Crippen LogP contribution >= 0.6 is 15.9 Å². The monoisotopic (exact) mass is 312 g/mol. The zero-order valence-corrected chi connectivity index (χ0v) is 11.4. The Morgan fingerprint density at radius 2 is 2.17 bits per heavy atom. The predicted molar refractivity (Wildman–Crippen MR) is 70.8 cm³/mol. The van der Waals surface area contributed by atoms with E-state index in [0.29, 0.717) is 23.7 Å². The molecular weight excluding hydrogens is 299 g/mol. The van der Waals surface area contributed by atoms with Gasteiger partial charge in [0.25, 0.3) is 0 Å². The van der Waals surface area contributed by atoms with Crippen molar-refractivity contribution in [2.24, 2.45) is 0 Å². The molecule has 1 aromatic carbocycles. The standard InChI is InChI=1S/C14H14BrFO2/c15-13-9-10(3-6-14(13)16)8-11(17)4-5-12-2-1-7-18-12/h1-3,6-7,9,11,17H,4-5,8H2. The van der Waals surface area contributed by atoms with Crippen molar-refractivity contribution < 1.29 is 13.9 Å². The summed E-state index contributed by atoms with van der Waals surface area (Å²) in [7, 11) is 0. The Morgan fingerprint density at radius 1 is 1.33 bits per heavy atom. The van der Waals surface area contributed by atoms with Crippen LogP contribution in [0, 0.1) is 5.82 Å². The number of furan rings is 1. The molecule has 1 aromatic heterocycles. The van der Waals surface area contributed by atoms with Crippen LogP contribution < -0.4 is 0 Å². The topological polar surface area (TPSA) is 33.4 Å². The van der Waals surface area contributed by atoms with Crippen LogP contribution in [0.2, 0.25) is 0 Å². The van der Waals surface area contributed by atoms with Gasteiger partial charge in [0, 0.05) is 6.42 Å². The van der Waals surface area contributed by atoms with Gasteiger partial charge in [-0.1, -0.05) is 6.07 Å². The fraction of sp³-hybridized carbons (Fsp3) is 0.286. The molecule has 0 fully saturated rings. The molecule has 4 heteroatoms. The van der Waals surface area contributed by atoms with Gasteiger partial charge in [-0.05, 0) is 58.6 Å². The second-order valence-corrected chi connectivity index (χ2v) is 5.08. The highest BCUT2D eigenvalue weighted by atomic mass is 79.9. The van der Waals surface area contributed by atoms with E-state index in [4.69, 9.17) is 4.42 Å². The van der Waals surface area contributed by atoms with Crippen LogP contribution in [0.3, 0.4) is 0 Å². The molecule has 1 unspecified atom stereocenters. The van der Waals surface area contributed by atoms with Crippen molar-refractivity contribution >= 4 is 15.9 Å². The summed E-state index contributed by atoms with van der Waals surface area (Å²) in [5, 5.41) is 9.91. The molecule has 0 amide bonds. The lowest BCUT2D eigenvalue weighted by atomic mass is 10.0. The highest BCUT2D eigenvalue weighted by molar-refractivity contribution is 9.10. The summed E-state index contributed by atoms with van der Waals surface area (Å²) in [5.41, 5.74) is 0.912. The zero-order valence-electron chi connectivity index (χ0n) is 9.77. The Kier molecular flexibility index (Phi) is 4.55. The van der Waals surface area contributed by atoms with Gasteiger partial charge in [-0.3, -0.25) is 0 Å². The summed E-state index contributed by atoms with van der Waals surface area (Å²) >= 11 is 3.13. The molecule has 2 nitrogen and oxygen atoms in total. The molecule has 0 bridgehead atoms. The lowest BCUT2D eigenvalue weighted by Crippen LogP contribution is -2.11. The number of aliphatic hydroxyl groups excluding tert-OH is 1. The molecule has 1 N–H and O–H groups in total. The minimum absolute atomic E-state index is 0.288. The van der Waals surface area contributed by atoms with Gasteiger partial charge >= 0.3 is 0 Å². The van der Waals surface area contributed by atoms with Crippen molar-refractivity contribution in [3.8, 4) is 0 Å². The molecule has 0 aliphatic heterocycles. The smallest absolute Gasteiger partial charge is 0.137 e. The van der Waals surface area contributed by atoms with Crippen LogP contribution in [0.25, 0.3) is 0 Å². The van der Waals surface area contributed by atoms with Gasteiger partial charge in [-0.15, -0.1) is 0 Å². The van der Waals surface area contributed by atoms with Crippen LogP contribution in [0.1, 0.15) is 17.7 Å². The van der Waals surface area contributed by atoms with Crippen molar-refractivity contribution in [1.82, 2.24) is 0 Å². The van der Waals surface area contributed by atoms with Crippen molar-refractivity contribution in [1.29, 1.82) is 0 Å². The third-order valence-electron chi connectivity index (χ3n) is 2.76. The van der Waals surface area contributed by atoms with Crippen LogP contribution in [-0.4, -0.2) is 11.2 Å². The van der Waals surface area contributed by atoms with Crippen molar-refractivity contribution in [2.45, 2.75) is 25.4 Å². The van der Waals surface area contributed by atoms with Gasteiger partial charge in [0.15, 0.2) is 0 Å². The van der Waals surface area contributed by atoms with Crippen molar-refractivity contribution in [3.63, 3.8) is 0 Å². The molecule has 1 atom stereocenters. The molecule has 96 valence electrons. The fourth-order valence-corrected chi connectivity index (χ4v) is 2.23. The van der Waals surface area contributed by atoms with E-state index in [-0.39, 0.29) is 5.82 Å². The fourth-order valence-electron chi connectivity index (χ4n) is 1.80. The maximum Gasteiger partial charge on any atom is 0.137 e. The van der Waals surface area contributed by atoms with Crippen molar-refractivity contribution in [3.05, 3.63) is 58.2 Å². The summed E-state index contributed by atoms with van der Waals surface area (Å²) < 4.78 is 18.7. The first-order chi connectivity index (χ1) is 8.65. The summed E-state index contributed by atoms with van der Waals surface area (Å²) in [6, 6.07) is 8.51. The van der Waals surface area contributed by atoms with E-state index in [2.05, 4.69) is 15.9 Å². The van der Waals surface area contributed by atoms with E-state index in [1.807, 2.05) is 12.1 Å². The number of benzene rings is 1. The largest absolute Gasteiger partial charge is 0.469 e. The molecule has 2 rings (SSSR count). The summed E-state index contributed by atoms with van der Waals surface area (Å²) in [6.07, 6.45) is 3.02. The molecular formula is C14H14BrFO2. The van der Waals surface area contributed by atoms with E-state index >= 15 is 0 Å². The van der Waals surface area contributed by atoms with E-state index in [1.54, 1.807) is 18.4 Å². The molecule has 0 aliphatic rings. The van der Waals surface area contributed by atoms with Crippen LogP contribution in [0.5, 0.6) is 0 Å². The Bertz CT molecular complexity index is 497. The molecule has 0 saturated carbocycles. The maximum absolute atomic E-state index is 13.0. The van der Waals surface area contributed by atoms with Gasteiger partial charge in [-0.2, -0.15) is 0 Å². The van der Waals surface area contributed by atoms with Gasteiger partial charge in [0.2, 0.25) is 0 Å². The lowest BCUT2D eigenvalue weighted by molar-refractivity contribution is 0.163. The van der Waals surface area contributed by atoms with Crippen molar-refractivity contribution in [2.75, 3.05) is 0 Å². The molecule has 18 heavy (non-hydrogen) atoms. The first-order valence-corrected chi connectivity index (χ1v) is 6.59. The minimum atomic E-state index is -0.451. The summed E-state index contributed by atoms with van der Waals surface area (Å²) in [6.45, 7) is 0. The molecule has 0 saturated heterocycles. The summed E-state index contributed by atoms with van der Waals surface area (Å²) in [5.74, 6) is 0.582. The third kappa shape index (κ3) is 3.68. The van der Waals surface area contributed by atoms with Gasteiger partial charge in [0.1, 0.15) is 11.6 Å². The SMILES string of the molecule is OC(CCc1ccco1)Cc1ccc(F)c(Br)c1. The molecule has 0 radical (unpaired) electrons. The predicted octanol–water partition coefficient (Wildman–Crippen LogP) is 3.72. The van der Waals surface area contributed by atoms with E-state index < -0.39 is 6.10 Å². The summed E-state index contributed by atoms with van der Waals surface area (Å²) in [4.78, 5) is 0. The zero-order chi connectivity index (χ0) is 13.0. The average Bonchev–Trinajstić information content (AvgIpc) is 2.84. The maximum atomic E-state index is 13.0. The second kappa shape index (κ2) is 6.16. The second-order valence-electron chi connectivity index (χ2n) is 4.22. The Balaban J connectivity index is 1.86. The Labute approximate surface area is 114 Å². The van der Waals surface area contributed by atoms with Gasteiger partial charge < -0.3 is 9.52 Å². The molecule has 0 spiro atoms. The quantitative estimate of drug-likeness (QED) is 0.913. The molecule has 1 heterocycles. The van der Waals surface area contributed by atoms with Gasteiger partial charge in [-0.25, -0.2) is 4.39 Å². The number of rotatable bonds is 5. The number of aliphatic hydroxyl groups is 1. The van der Waals surface area contributed by atoms with E-state index in [0.717, 1.165) is 11.3 Å². The van der Waals surface area contributed by atoms with Crippen LogP contribution in [-0.2, 0) is 12.8 Å². The normalized spacial score (nSPS) is 12.6. The first kappa shape index (κ1) is 13.3. The van der Waals surface area contributed by atoms with E-state index in [1.165, 1.54) is 6.07 Å². The molecule has 0 aliphatic carbocycles. The lowest BCUT2D eigenvalue weighted by Gasteiger charge is -2.10.